The third kappa shape index (κ3) is 4.60. The second-order valence-corrected chi connectivity index (χ2v) is 11.0. The number of fused-ring (bicyclic) bond motifs is 6. The number of aromatic amines is 1. The SMILES string of the molecule is CS(=O)(=O)N[C@H]1CCCN2CCOc3c(ccc4[nH]ncc34)C3CCC(CC3)OCC12. The van der Waals surface area contributed by atoms with Crippen molar-refractivity contribution in [2.75, 3.05) is 32.6 Å². The van der Waals surface area contributed by atoms with Crippen LogP contribution in [0, 0.1) is 0 Å². The third-order valence-electron chi connectivity index (χ3n) is 7.11. The van der Waals surface area contributed by atoms with Crippen LogP contribution in [0.3, 0.4) is 0 Å². The third-order valence-corrected chi connectivity index (χ3v) is 7.84. The Hall–Kier alpha value is -1.68. The van der Waals surface area contributed by atoms with Gasteiger partial charge in [-0.2, -0.15) is 5.10 Å². The molecule has 2 fully saturated rings. The molecule has 8 nitrogen and oxygen atoms in total. The van der Waals surface area contributed by atoms with E-state index in [1.165, 1.54) is 11.8 Å². The predicted molar refractivity (Wildman–Crippen MR) is 119 cm³/mol. The minimum Gasteiger partial charge on any atom is -0.491 e. The van der Waals surface area contributed by atoms with Crippen molar-refractivity contribution in [1.82, 2.24) is 19.8 Å². The quantitative estimate of drug-likeness (QED) is 0.732. The Morgan fingerprint density at radius 1 is 1.16 bits per heavy atom. The van der Waals surface area contributed by atoms with Crippen molar-refractivity contribution in [3.05, 3.63) is 23.9 Å². The number of piperidine rings is 1. The molecular formula is C22H32N4O4S. The normalized spacial score (nSPS) is 30.5. The molecule has 4 heterocycles. The minimum absolute atomic E-state index is 0.0229. The molecule has 170 valence electrons. The summed E-state index contributed by atoms with van der Waals surface area (Å²) in [5.41, 5.74) is 2.27. The topological polar surface area (TPSA) is 96.6 Å². The van der Waals surface area contributed by atoms with Crippen molar-refractivity contribution in [2.24, 2.45) is 0 Å². The highest BCUT2D eigenvalue weighted by Gasteiger charge is 2.35. The van der Waals surface area contributed by atoms with E-state index in [1.807, 2.05) is 6.20 Å². The lowest BCUT2D eigenvalue weighted by atomic mass is 9.82. The summed E-state index contributed by atoms with van der Waals surface area (Å²) in [6, 6.07) is 4.19. The fraction of sp³-hybridized carbons (Fsp3) is 0.682. The largest absolute Gasteiger partial charge is 0.491 e. The zero-order valence-electron chi connectivity index (χ0n) is 18.0. The molecule has 1 aromatic carbocycles. The lowest BCUT2D eigenvalue weighted by molar-refractivity contribution is -0.0284. The summed E-state index contributed by atoms with van der Waals surface area (Å²) < 4.78 is 39.6. The molecule has 3 aliphatic heterocycles. The Labute approximate surface area is 183 Å². The van der Waals surface area contributed by atoms with Gasteiger partial charge in [0.25, 0.3) is 0 Å². The van der Waals surface area contributed by atoms with Crippen LogP contribution in [-0.4, -0.2) is 74.3 Å². The number of rotatable bonds is 2. The average molecular weight is 449 g/mol. The molecule has 4 aliphatic rings. The van der Waals surface area contributed by atoms with Gasteiger partial charge in [0, 0.05) is 18.6 Å². The first-order chi connectivity index (χ1) is 15.0. The van der Waals surface area contributed by atoms with Gasteiger partial charge in [-0.15, -0.1) is 0 Å². The summed E-state index contributed by atoms with van der Waals surface area (Å²) in [7, 11) is -3.27. The maximum atomic E-state index is 12.0. The first kappa shape index (κ1) is 21.2. The minimum atomic E-state index is -3.27. The number of H-pyrrole nitrogens is 1. The van der Waals surface area contributed by atoms with Gasteiger partial charge in [-0.3, -0.25) is 10.00 Å². The van der Waals surface area contributed by atoms with E-state index in [4.69, 9.17) is 9.47 Å². The van der Waals surface area contributed by atoms with E-state index in [1.54, 1.807) is 0 Å². The van der Waals surface area contributed by atoms with Crippen LogP contribution in [0.25, 0.3) is 10.9 Å². The molecule has 0 amide bonds. The highest BCUT2D eigenvalue weighted by molar-refractivity contribution is 7.88. The molecule has 1 aliphatic carbocycles. The Morgan fingerprint density at radius 3 is 2.81 bits per heavy atom. The molecule has 6 rings (SSSR count). The lowest BCUT2D eigenvalue weighted by Gasteiger charge is -2.41. The second kappa shape index (κ2) is 8.69. The van der Waals surface area contributed by atoms with E-state index in [0.29, 0.717) is 19.1 Å². The first-order valence-electron chi connectivity index (χ1n) is 11.4. The summed E-state index contributed by atoms with van der Waals surface area (Å²) in [6.45, 7) is 2.77. The fourth-order valence-corrected chi connectivity index (χ4v) is 6.39. The van der Waals surface area contributed by atoms with Crippen molar-refractivity contribution in [1.29, 1.82) is 0 Å². The predicted octanol–water partition coefficient (Wildman–Crippen LogP) is 2.38. The van der Waals surface area contributed by atoms with Crippen molar-refractivity contribution < 1.29 is 17.9 Å². The Balaban J connectivity index is 1.44. The molecular weight excluding hydrogens is 416 g/mol. The van der Waals surface area contributed by atoms with Crippen LogP contribution in [0.2, 0.25) is 0 Å². The van der Waals surface area contributed by atoms with Crippen molar-refractivity contribution in [3.8, 4) is 5.75 Å². The van der Waals surface area contributed by atoms with Gasteiger partial charge in [0.1, 0.15) is 12.4 Å². The number of hydrogen-bond donors (Lipinski definition) is 2. The molecule has 0 radical (unpaired) electrons. The van der Waals surface area contributed by atoms with Crippen molar-refractivity contribution in [2.45, 2.75) is 62.6 Å². The van der Waals surface area contributed by atoms with E-state index in [0.717, 1.165) is 68.3 Å². The van der Waals surface area contributed by atoms with E-state index in [-0.39, 0.29) is 18.2 Å². The number of sulfonamides is 1. The number of ether oxygens (including phenoxy) is 2. The van der Waals surface area contributed by atoms with Crippen LogP contribution >= 0.6 is 0 Å². The van der Waals surface area contributed by atoms with Gasteiger partial charge in [0.05, 0.1) is 36.1 Å². The van der Waals surface area contributed by atoms with E-state index in [9.17, 15) is 8.42 Å². The smallest absolute Gasteiger partial charge is 0.209 e. The molecule has 2 N–H and O–H groups in total. The number of nitrogens with zero attached hydrogens (tertiary/aromatic N) is 2. The summed E-state index contributed by atoms with van der Waals surface area (Å²) in [4.78, 5) is 2.34. The monoisotopic (exact) mass is 448 g/mol. The average Bonchev–Trinajstić information content (AvgIpc) is 3.22. The number of hydrogen-bond acceptors (Lipinski definition) is 6. The van der Waals surface area contributed by atoms with Crippen LogP contribution < -0.4 is 9.46 Å². The first-order valence-corrected chi connectivity index (χ1v) is 13.3. The zero-order chi connectivity index (χ0) is 21.4. The van der Waals surface area contributed by atoms with Gasteiger partial charge in [-0.05, 0) is 62.6 Å². The Morgan fingerprint density at radius 2 is 2.00 bits per heavy atom. The summed E-state index contributed by atoms with van der Waals surface area (Å²) >= 11 is 0. The number of aromatic nitrogens is 2. The maximum absolute atomic E-state index is 12.0. The van der Waals surface area contributed by atoms with Gasteiger partial charge in [-0.1, -0.05) is 6.07 Å². The summed E-state index contributed by atoms with van der Waals surface area (Å²) in [6.07, 6.45) is 9.31. The van der Waals surface area contributed by atoms with E-state index < -0.39 is 10.0 Å². The molecule has 1 aromatic heterocycles. The molecule has 1 unspecified atom stereocenters. The number of nitrogens with one attached hydrogen (secondary N) is 2. The van der Waals surface area contributed by atoms with Gasteiger partial charge in [-0.25, -0.2) is 13.1 Å². The van der Waals surface area contributed by atoms with Gasteiger partial charge in [0.2, 0.25) is 10.0 Å². The van der Waals surface area contributed by atoms with Crippen molar-refractivity contribution >= 4 is 20.9 Å². The van der Waals surface area contributed by atoms with Crippen LogP contribution in [-0.2, 0) is 14.8 Å². The van der Waals surface area contributed by atoms with Crippen LogP contribution in [0.5, 0.6) is 5.75 Å². The summed E-state index contributed by atoms with van der Waals surface area (Å²) in [5, 5.41) is 8.32. The highest BCUT2D eigenvalue weighted by atomic mass is 32.2. The Kier molecular flexibility index (Phi) is 5.94. The van der Waals surface area contributed by atoms with Gasteiger partial charge < -0.3 is 9.47 Å². The second-order valence-electron chi connectivity index (χ2n) is 9.21. The molecule has 1 saturated heterocycles. The highest BCUT2D eigenvalue weighted by Crippen LogP contribution is 2.41. The number of benzene rings is 1. The lowest BCUT2D eigenvalue weighted by Crippen LogP contribution is -2.58. The molecule has 1 saturated carbocycles. The van der Waals surface area contributed by atoms with E-state index in [2.05, 4.69) is 32.0 Å². The maximum Gasteiger partial charge on any atom is 0.209 e. The van der Waals surface area contributed by atoms with Gasteiger partial charge >= 0.3 is 0 Å². The van der Waals surface area contributed by atoms with Crippen LogP contribution in [0.4, 0.5) is 0 Å². The van der Waals surface area contributed by atoms with Crippen molar-refractivity contribution in [3.63, 3.8) is 0 Å². The molecule has 0 spiro atoms. The molecule has 9 heteroatoms. The Bertz CT molecular complexity index is 1020. The van der Waals surface area contributed by atoms with E-state index >= 15 is 0 Å². The zero-order valence-corrected chi connectivity index (χ0v) is 18.9. The molecule has 31 heavy (non-hydrogen) atoms. The molecule has 2 aromatic rings. The van der Waals surface area contributed by atoms with Crippen LogP contribution in [0.1, 0.15) is 50.0 Å². The standard InChI is InChI=1S/C22H32N4O4S/c1-31(27,28)25-20-3-2-10-26-11-12-29-22-17(8-9-19-18(22)13-23-24-19)15-4-6-16(7-5-15)30-14-21(20)26/h8-9,13,15-16,20-21,25H,2-7,10-12,14H2,1H3,(H,23,24)/t15?,16?,20-,21?/m0/s1. The molecule has 2 bridgehead atoms. The fourth-order valence-electron chi connectivity index (χ4n) is 5.57. The summed E-state index contributed by atoms with van der Waals surface area (Å²) in [5.74, 6) is 1.42. The van der Waals surface area contributed by atoms with Gasteiger partial charge in [0.15, 0.2) is 0 Å². The van der Waals surface area contributed by atoms with Crippen LogP contribution in [0.15, 0.2) is 18.3 Å². The molecule has 2 atom stereocenters.